The zero-order valence-electron chi connectivity index (χ0n) is 11.7. The van der Waals surface area contributed by atoms with Crippen LogP contribution in [0.4, 0.5) is 0 Å². The number of nitriles is 1. The molecule has 0 aromatic rings. The first-order valence-electron chi connectivity index (χ1n) is 6.65. The third kappa shape index (κ3) is 4.28. The fourth-order valence-corrected chi connectivity index (χ4v) is 2.15. The highest BCUT2D eigenvalue weighted by Gasteiger charge is 2.29. The summed E-state index contributed by atoms with van der Waals surface area (Å²) in [6.45, 7) is 11.0. The summed E-state index contributed by atoms with van der Waals surface area (Å²) >= 11 is 0. The van der Waals surface area contributed by atoms with E-state index in [1.54, 1.807) is 0 Å². The Kier molecular flexibility index (Phi) is 5.57. The Morgan fingerprint density at radius 1 is 1.33 bits per heavy atom. The van der Waals surface area contributed by atoms with Gasteiger partial charge in [-0.2, -0.15) is 5.26 Å². The summed E-state index contributed by atoms with van der Waals surface area (Å²) in [5, 5.41) is 11.9. The lowest BCUT2D eigenvalue weighted by molar-refractivity contribution is -0.121. The number of amides is 1. The summed E-state index contributed by atoms with van der Waals surface area (Å²) in [7, 11) is 0. The summed E-state index contributed by atoms with van der Waals surface area (Å²) in [4.78, 5) is 15.9. The van der Waals surface area contributed by atoms with Gasteiger partial charge in [0.25, 0.3) is 0 Å². The molecule has 1 amide bonds. The molecule has 18 heavy (non-hydrogen) atoms. The fourth-order valence-electron chi connectivity index (χ4n) is 2.15. The van der Waals surface area contributed by atoms with Crippen molar-refractivity contribution in [1.29, 1.82) is 5.26 Å². The highest BCUT2D eigenvalue weighted by atomic mass is 16.1. The van der Waals surface area contributed by atoms with Crippen LogP contribution in [0.25, 0.3) is 0 Å². The molecule has 5 nitrogen and oxygen atoms in total. The molecule has 0 spiro atoms. The average molecular weight is 252 g/mol. The Labute approximate surface area is 110 Å². The van der Waals surface area contributed by atoms with Gasteiger partial charge in [0.05, 0.1) is 6.07 Å². The van der Waals surface area contributed by atoms with Gasteiger partial charge in [0.2, 0.25) is 5.91 Å². The van der Waals surface area contributed by atoms with Crippen molar-refractivity contribution < 1.29 is 4.79 Å². The quantitative estimate of drug-likeness (QED) is 0.771. The summed E-state index contributed by atoms with van der Waals surface area (Å²) in [5.41, 5.74) is -0.383. The second kappa shape index (κ2) is 6.72. The molecule has 1 rings (SSSR count). The maximum atomic E-state index is 11.4. The third-order valence-electron chi connectivity index (χ3n) is 3.47. The van der Waals surface area contributed by atoms with Gasteiger partial charge < -0.3 is 10.2 Å². The first-order valence-corrected chi connectivity index (χ1v) is 6.65. The minimum atomic E-state index is -0.383. The molecule has 1 aliphatic rings. The van der Waals surface area contributed by atoms with E-state index < -0.39 is 0 Å². The van der Waals surface area contributed by atoms with E-state index >= 15 is 0 Å². The van der Waals surface area contributed by atoms with Crippen LogP contribution in [0.15, 0.2) is 0 Å². The summed E-state index contributed by atoms with van der Waals surface area (Å²) in [6, 6.07) is 2.34. The monoisotopic (exact) mass is 252 g/mol. The molecule has 1 fully saturated rings. The van der Waals surface area contributed by atoms with Crippen molar-refractivity contribution in [1.82, 2.24) is 15.1 Å². The maximum absolute atomic E-state index is 11.4. The second-order valence-corrected chi connectivity index (χ2v) is 5.20. The van der Waals surface area contributed by atoms with Gasteiger partial charge in [-0.15, -0.1) is 0 Å². The molecule has 5 heteroatoms. The number of hydrogen-bond acceptors (Lipinski definition) is 4. The lowest BCUT2D eigenvalue weighted by Gasteiger charge is -2.40. The zero-order valence-corrected chi connectivity index (χ0v) is 11.7. The molecule has 0 bridgehead atoms. The van der Waals surface area contributed by atoms with Crippen LogP contribution in [0.5, 0.6) is 0 Å². The van der Waals surface area contributed by atoms with Gasteiger partial charge in [0.1, 0.15) is 5.54 Å². The minimum absolute atomic E-state index is 0.122. The van der Waals surface area contributed by atoms with E-state index in [1.165, 1.54) is 0 Å². The third-order valence-corrected chi connectivity index (χ3v) is 3.47. The van der Waals surface area contributed by atoms with Crippen LogP contribution in [0, 0.1) is 11.3 Å². The molecular weight excluding hydrogens is 228 g/mol. The number of piperazine rings is 1. The van der Waals surface area contributed by atoms with Crippen LogP contribution in [0.1, 0.15) is 27.2 Å². The molecular formula is C13H24N4O. The molecule has 1 saturated heterocycles. The maximum Gasteiger partial charge on any atom is 0.221 e. The number of hydrogen-bond donors (Lipinski definition) is 1. The van der Waals surface area contributed by atoms with Crippen molar-refractivity contribution in [3.05, 3.63) is 0 Å². The van der Waals surface area contributed by atoms with Gasteiger partial charge in [-0.1, -0.05) is 0 Å². The Balaban J connectivity index is 2.28. The molecule has 0 saturated carbocycles. The number of nitrogens with one attached hydrogen (secondary N) is 1. The number of rotatable bonds is 5. The Bertz CT molecular complexity index is 313. The van der Waals surface area contributed by atoms with Crippen LogP contribution in [-0.2, 0) is 4.79 Å². The van der Waals surface area contributed by atoms with E-state index in [-0.39, 0.29) is 11.4 Å². The fraction of sp³-hybridized carbons (Fsp3) is 0.846. The molecule has 102 valence electrons. The van der Waals surface area contributed by atoms with E-state index in [9.17, 15) is 4.79 Å². The van der Waals surface area contributed by atoms with E-state index in [4.69, 9.17) is 5.26 Å². The Hall–Kier alpha value is -1.12. The van der Waals surface area contributed by atoms with E-state index in [2.05, 4.69) is 21.2 Å². The van der Waals surface area contributed by atoms with Crippen LogP contribution in [0.3, 0.4) is 0 Å². The average Bonchev–Trinajstić information content (AvgIpc) is 2.37. The predicted molar refractivity (Wildman–Crippen MR) is 71.0 cm³/mol. The first-order chi connectivity index (χ1) is 8.49. The molecule has 1 aliphatic heterocycles. The molecule has 0 aromatic carbocycles. The molecule has 0 aliphatic carbocycles. The van der Waals surface area contributed by atoms with Crippen LogP contribution in [0.2, 0.25) is 0 Å². The zero-order chi connectivity index (χ0) is 13.6. The van der Waals surface area contributed by atoms with Crippen molar-refractivity contribution >= 4 is 5.91 Å². The topological polar surface area (TPSA) is 59.4 Å². The van der Waals surface area contributed by atoms with Crippen LogP contribution in [-0.4, -0.2) is 60.5 Å². The van der Waals surface area contributed by atoms with Crippen molar-refractivity contribution in [2.75, 3.05) is 39.3 Å². The van der Waals surface area contributed by atoms with Gasteiger partial charge in [0.15, 0.2) is 0 Å². The largest absolute Gasteiger partial charge is 0.356 e. The molecule has 0 atom stereocenters. The van der Waals surface area contributed by atoms with Crippen molar-refractivity contribution in [3.8, 4) is 6.07 Å². The van der Waals surface area contributed by atoms with E-state index in [0.717, 1.165) is 32.7 Å². The number of nitrogens with zero attached hydrogens (tertiary/aromatic N) is 3. The summed E-state index contributed by atoms with van der Waals surface area (Å²) < 4.78 is 0. The lowest BCUT2D eigenvalue weighted by atomic mass is 10.0. The standard InChI is InChI=1S/C13H24N4O/c1-4-15-12(18)5-6-16-7-9-17(10-8-16)13(2,3)11-14/h4-10H2,1-3H3,(H,15,18). The molecule has 0 radical (unpaired) electrons. The van der Waals surface area contributed by atoms with Crippen molar-refractivity contribution in [2.45, 2.75) is 32.7 Å². The van der Waals surface area contributed by atoms with Crippen LogP contribution >= 0.6 is 0 Å². The SMILES string of the molecule is CCNC(=O)CCN1CCN(C(C)(C)C#N)CC1. The van der Waals surface area contributed by atoms with Gasteiger partial charge in [-0.05, 0) is 20.8 Å². The number of carbonyl (C=O) groups is 1. The Morgan fingerprint density at radius 2 is 1.94 bits per heavy atom. The van der Waals surface area contributed by atoms with Gasteiger partial charge >= 0.3 is 0 Å². The molecule has 1 N–H and O–H groups in total. The van der Waals surface area contributed by atoms with Crippen molar-refractivity contribution in [2.24, 2.45) is 0 Å². The minimum Gasteiger partial charge on any atom is -0.356 e. The predicted octanol–water partition coefficient (Wildman–Crippen LogP) is 0.432. The van der Waals surface area contributed by atoms with Gasteiger partial charge in [-0.25, -0.2) is 0 Å². The first kappa shape index (κ1) is 14.9. The van der Waals surface area contributed by atoms with Crippen molar-refractivity contribution in [3.63, 3.8) is 0 Å². The summed E-state index contributed by atoms with van der Waals surface area (Å²) in [6.07, 6.45) is 0.565. The van der Waals surface area contributed by atoms with Crippen LogP contribution < -0.4 is 5.32 Å². The Morgan fingerprint density at radius 3 is 2.44 bits per heavy atom. The van der Waals surface area contributed by atoms with Gasteiger partial charge in [0, 0.05) is 45.7 Å². The molecule has 0 aromatic heterocycles. The highest BCUT2D eigenvalue weighted by molar-refractivity contribution is 5.75. The van der Waals surface area contributed by atoms with E-state index in [0.29, 0.717) is 13.0 Å². The smallest absolute Gasteiger partial charge is 0.221 e. The van der Waals surface area contributed by atoms with Gasteiger partial charge in [-0.3, -0.25) is 9.69 Å². The normalized spacial score (nSPS) is 18.3. The molecule has 1 heterocycles. The highest BCUT2D eigenvalue weighted by Crippen LogP contribution is 2.15. The second-order valence-electron chi connectivity index (χ2n) is 5.20. The summed E-state index contributed by atoms with van der Waals surface area (Å²) in [5.74, 6) is 0.122. The molecule has 0 unspecified atom stereocenters. The number of carbonyl (C=O) groups excluding carboxylic acids is 1. The lowest BCUT2D eigenvalue weighted by Crippen LogP contribution is -2.54. The van der Waals surface area contributed by atoms with E-state index in [1.807, 2.05) is 20.8 Å².